The van der Waals surface area contributed by atoms with Gasteiger partial charge in [0.25, 0.3) is 0 Å². The molecule has 112 valence electrons. The summed E-state index contributed by atoms with van der Waals surface area (Å²) in [5.41, 5.74) is 3.97. The fraction of sp³-hybridized carbons (Fsp3) is 0.267. The Balaban J connectivity index is 2.02. The highest BCUT2D eigenvalue weighted by molar-refractivity contribution is 5.91. The molecule has 0 atom stereocenters. The van der Waals surface area contributed by atoms with Crippen LogP contribution in [0.25, 0.3) is 0 Å². The second-order valence-electron chi connectivity index (χ2n) is 4.96. The summed E-state index contributed by atoms with van der Waals surface area (Å²) in [6.45, 7) is 3.09. The monoisotopic (exact) mass is 291 g/mol. The Kier molecular flexibility index (Phi) is 4.72. The number of halogens is 1. The highest BCUT2D eigenvalue weighted by Crippen LogP contribution is 2.17. The van der Waals surface area contributed by atoms with Gasteiger partial charge in [0, 0.05) is 18.7 Å². The average molecular weight is 291 g/mol. The van der Waals surface area contributed by atoms with E-state index < -0.39 is 5.91 Å². The first kappa shape index (κ1) is 15.2. The van der Waals surface area contributed by atoms with Crippen molar-refractivity contribution >= 4 is 5.91 Å². The number of carbonyl (C=O) groups excluding carboxylic acids is 1. The topological polar surface area (TPSA) is 71.5 Å². The van der Waals surface area contributed by atoms with Crippen molar-refractivity contribution in [3.05, 3.63) is 58.8 Å². The standard InChI is InChI=1S/C15H18FN3O2/c1-10-12(7-14(21-10)15(20)18-17)9-19(2)8-11-3-5-13(16)6-4-11/h3-7H,8-9,17H2,1-2H3,(H,18,20). The van der Waals surface area contributed by atoms with E-state index in [1.165, 1.54) is 12.1 Å². The number of nitrogens with zero attached hydrogens (tertiary/aromatic N) is 1. The summed E-state index contributed by atoms with van der Waals surface area (Å²) < 4.78 is 18.2. The Bertz CT molecular complexity index is 622. The molecule has 6 heteroatoms. The number of benzene rings is 1. The lowest BCUT2D eigenvalue weighted by Crippen LogP contribution is -2.29. The smallest absolute Gasteiger partial charge is 0.300 e. The molecule has 0 radical (unpaired) electrons. The first-order valence-corrected chi connectivity index (χ1v) is 6.53. The summed E-state index contributed by atoms with van der Waals surface area (Å²) in [7, 11) is 1.94. The third-order valence-corrected chi connectivity index (χ3v) is 3.18. The minimum Gasteiger partial charge on any atom is -0.456 e. The minimum absolute atomic E-state index is 0.195. The van der Waals surface area contributed by atoms with Crippen LogP contribution in [0.5, 0.6) is 0 Å². The molecule has 0 spiro atoms. The van der Waals surface area contributed by atoms with Crippen molar-refractivity contribution < 1.29 is 13.6 Å². The molecule has 2 aromatic rings. The molecule has 1 aromatic carbocycles. The fourth-order valence-electron chi connectivity index (χ4n) is 2.11. The zero-order valence-electron chi connectivity index (χ0n) is 12.0. The van der Waals surface area contributed by atoms with Crippen molar-refractivity contribution in [2.45, 2.75) is 20.0 Å². The van der Waals surface area contributed by atoms with E-state index in [4.69, 9.17) is 10.3 Å². The molecule has 0 unspecified atom stereocenters. The Labute approximate surface area is 122 Å². The predicted molar refractivity (Wildman–Crippen MR) is 76.7 cm³/mol. The molecule has 1 heterocycles. The SMILES string of the molecule is Cc1oc(C(=O)NN)cc1CN(C)Cc1ccc(F)cc1. The number of aryl methyl sites for hydroxylation is 1. The van der Waals surface area contributed by atoms with Gasteiger partial charge in [0.05, 0.1) is 0 Å². The molecule has 1 aromatic heterocycles. The number of hydrogen-bond acceptors (Lipinski definition) is 4. The third-order valence-electron chi connectivity index (χ3n) is 3.18. The first-order valence-electron chi connectivity index (χ1n) is 6.53. The van der Waals surface area contributed by atoms with Gasteiger partial charge in [-0.25, -0.2) is 10.2 Å². The number of nitrogens with two attached hydrogens (primary N) is 1. The van der Waals surface area contributed by atoms with Gasteiger partial charge in [-0.05, 0) is 37.7 Å². The van der Waals surface area contributed by atoms with Gasteiger partial charge in [-0.15, -0.1) is 0 Å². The van der Waals surface area contributed by atoms with Crippen LogP contribution in [0.2, 0.25) is 0 Å². The molecule has 5 nitrogen and oxygen atoms in total. The lowest BCUT2D eigenvalue weighted by atomic mass is 10.2. The van der Waals surface area contributed by atoms with E-state index in [2.05, 4.69) is 4.90 Å². The molecule has 0 saturated carbocycles. The van der Waals surface area contributed by atoms with Crippen molar-refractivity contribution in [3.63, 3.8) is 0 Å². The highest BCUT2D eigenvalue weighted by Gasteiger charge is 2.14. The Morgan fingerprint density at radius 3 is 2.62 bits per heavy atom. The van der Waals surface area contributed by atoms with Crippen molar-refractivity contribution in [3.8, 4) is 0 Å². The van der Waals surface area contributed by atoms with Crippen LogP contribution in [0.4, 0.5) is 4.39 Å². The maximum Gasteiger partial charge on any atom is 0.300 e. The van der Waals surface area contributed by atoms with Crippen LogP contribution in [-0.2, 0) is 13.1 Å². The second-order valence-corrected chi connectivity index (χ2v) is 4.96. The molecule has 21 heavy (non-hydrogen) atoms. The zero-order valence-corrected chi connectivity index (χ0v) is 12.0. The number of hydrazine groups is 1. The highest BCUT2D eigenvalue weighted by atomic mass is 19.1. The number of hydrogen-bond donors (Lipinski definition) is 2. The molecule has 0 bridgehead atoms. The summed E-state index contributed by atoms with van der Waals surface area (Å²) in [5, 5.41) is 0. The molecule has 2 rings (SSSR count). The molecule has 0 aliphatic carbocycles. The largest absolute Gasteiger partial charge is 0.456 e. The van der Waals surface area contributed by atoms with E-state index in [0.717, 1.165) is 11.1 Å². The maximum absolute atomic E-state index is 12.9. The van der Waals surface area contributed by atoms with Crippen LogP contribution in [0.1, 0.15) is 27.4 Å². The molecule has 0 aliphatic rings. The molecule has 3 N–H and O–H groups in total. The van der Waals surface area contributed by atoms with Crippen LogP contribution < -0.4 is 11.3 Å². The Morgan fingerprint density at radius 1 is 1.33 bits per heavy atom. The van der Waals surface area contributed by atoms with Gasteiger partial charge in [0.2, 0.25) is 0 Å². The van der Waals surface area contributed by atoms with Crippen LogP contribution in [0.3, 0.4) is 0 Å². The first-order chi connectivity index (χ1) is 9.99. The van der Waals surface area contributed by atoms with Gasteiger partial charge in [0.1, 0.15) is 11.6 Å². The predicted octanol–water partition coefficient (Wildman–Crippen LogP) is 1.96. The quantitative estimate of drug-likeness (QED) is 0.502. The lowest BCUT2D eigenvalue weighted by molar-refractivity contribution is 0.0924. The van der Waals surface area contributed by atoms with E-state index in [0.29, 0.717) is 18.8 Å². The van der Waals surface area contributed by atoms with E-state index in [-0.39, 0.29) is 11.6 Å². The van der Waals surface area contributed by atoms with Crippen LogP contribution in [0.15, 0.2) is 34.7 Å². The summed E-state index contributed by atoms with van der Waals surface area (Å²) in [4.78, 5) is 13.5. The number of furan rings is 1. The molecule has 0 aliphatic heterocycles. The van der Waals surface area contributed by atoms with Gasteiger partial charge >= 0.3 is 5.91 Å². The average Bonchev–Trinajstić information content (AvgIpc) is 2.82. The zero-order chi connectivity index (χ0) is 15.4. The van der Waals surface area contributed by atoms with Gasteiger partial charge in [0.15, 0.2) is 5.76 Å². The van der Waals surface area contributed by atoms with E-state index in [1.54, 1.807) is 25.1 Å². The number of rotatable bonds is 5. The number of carbonyl (C=O) groups is 1. The fourth-order valence-corrected chi connectivity index (χ4v) is 2.11. The van der Waals surface area contributed by atoms with Crippen molar-refractivity contribution in [1.82, 2.24) is 10.3 Å². The Morgan fingerprint density at radius 2 is 2.00 bits per heavy atom. The summed E-state index contributed by atoms with van der Waals surface area (Å²) >= 11 is 0. The van der Waals surface area contributed by atoms with Crippen molar-refractivity contribution in [2.75, 3.05) is 7.05 Å². The number of nitrogen functional groups attached to an aromatic ring is 1. The summed E-state index contributed by atoms with van der Waals surface area (Å²) in [5.74, 6) is 5.25. The van der Waals surface area contributed by atoms with E-state index in [9.17, 15) is 9.18 Å². The normalized spacial score (nSPS) is 10.9. The van der Waals surface area contributed by atoms with Crippen LogP contribution >= 0.6 is 0 Å². The lowest BCUT2D eigenvalue weighted by Gasteiger charge is -2.16. The van der Waals surface area contributed by atoms with Gasteiger partial charge in [-0.3, -0.25) is 15.1 Å². The van der Waals surface area contributed by atoms with E-state index >= 15 is 0 Å². The van der Waals surface area contributed by atoms with E-state index in [1.807, 2.05) is 12.5 Å². The molecule has 0 saturated heterocycles. The molecular formula is C15H18FN3O2. The Hall–Kier alpha value is -2.18. The minimum atomic E-state index is -0.453. The third kappa shape index (κ3) is 3.90. The van der Waals surface area contributed by atoms with Crippen LogP contribution in [-0.4, -0.2) is 17.9 Å². The molecular weight excluding hydrogens is 273 g/mol. The number of amides is 1. The molecule has 1 amide bonds. The van der Waals surface area contributed by atoms with Gasteiger partial charge in [-0.2, -0.15) is 0 Å². The van der Waals surface area contributed by atoms with Crippen molar-refractivity contribution in [1.29, 1.82) is 0 Å². The summed E-state index contributed by atoms with van der Waals surface area (Å²) in [6, 6.07) is 8.06. The van der Waals surface area contributed by atoms with Crippen molar-refractivity contribution in [2.24, 2.45) is 5.84 Å². The summed E-state index contributed by atoms with van der Waals surface area (Å²) in [6.07, 6.45) is 0. The van der Waals surface area contributed by atoms with Gasteiger partial charge in [-0.1, -0.05) is 12.1 Å². The molecule has 0 fully saturated rings. The van der Waals surface area contributed by atoms with Gasteiger partial charge < -0.3 is 4.42 Å². The second kappa shape index (κ2) is 6.51. The maximum atomic E-state index is 12.9. The number of nitrogens with one attached hydrogen (secondary N) is 1. The van der Waals surface area contributed by atoms with Crippen LogP contribution in [0, 0.1) is 12.7 Å².